The molecule has 11 heteroatoms. The second kappa shape index (κ2) is 11.9. The van der Waals surface area contributed by atoms with Gasteiger partial charge in [0.25, 0.3) is 0 Å². The lowest BCUT2D eigenvalue weighted by atomic mass is 9.72. The first-order chi connectivity index (χ1) is 21.5. The average molecular weight is 614 g/mol. The molecule has 1 saturated carbocycles. The fourth-order valence-corrected chi connectivity index (χ4v) is 6.19. The van der Waals surface area contributed by atoms with Crippen LogP contribution in [-0.2, 0) is 10.3 Å². The Kier molecular flexibility index (Phi) is 8.03. The number of nitrogens with zero attached hydrogens (tertiary/aromatic N) is 3. The summed E-state index contributed by atoms with van der Waals surface area (Å²) in [6.45, 7) is 6.82. The first-order valence-electron chi connectivity index (χ1n) is 15.4. The predicted molar refractivity (Wildman–Crippen MR) is 171 cm³/mol. The third kappa shape index (κ3) is 6.25. The highest BCUT2D eigenvalue weighted by molar-refractivity contribution is 6.03. The summed E-state index contributed by atoms with van der Waals surface area (Å²) < 4.78 is 17.8. The molecule has 3 heterocycles. The van der Waals surface area contributed by atoms with E-state index in [1.807, 2.05) is 75.4 Å². The van der Waals surface area contributed by atoms with Gasteiger partial charge in [-0.1, -0.05) is 54.6 Å². The SMILES string of the molecule is COc1nc(N2CCC(NC(=O)OC(C)(C)C)CC2)nc2oc(-c3ccc(C4(NC(=O)O)CCC4)cc3)c(-c3ccccc3)c12. The predicted octanol–water partition coefficient (Wildman–Crippen LogP) is 6.71. The van der Waals surface area contributed by atoms with Crippen LogP contribution >= 0.6 is 0 Å². The molecule has 236 valence electrons. The number of aromatic nitrogens is 2. The summed E-state index contributed by atoms with van der Waals surface area (Å²) in [6, 6.07) is 17.8. The van der Waals surface area contributed by atoms with E-state index >= 15 is 0 Å². The molecule has 2 aromatic heterocycles. The lowest BCUT2D eigenvalue weighted by Crippen LogP contribution is -2.50. The first kappa shape index (κ1) is 30.2. The number of hydrogen-bond donors (Lipinski definition) is 3. The van der Waals surface area contributed by atoms with Crippen LogP contribution in [0, 0.1) is 0 Å². The summed E-state index contributed by atoms with van der Waals surface area (Å²) in [5, 5.41) is 15.8. The molecule has 6 rings (SSSR count). The maximum absolute atomic E-state index is 12.3. The van der Waals surface area contributed by atoms with Crippen LogP contribution in [0.25, 0.3) is 33.6 Å². The van der Waals surface area contributed by atoms with E-state index in [0.717, 1.165) is 41.5 Å². The molecule has 0 bridgehead atoms. The third-order valence-electron chi connectivity index (χ3n) is 8.51. The van der Waals surface area contributed by atoms with Crippen molar-refractivity contribution in [3.63, 3.8) is 0 Å². The minimum Gasteiger partial charge on any atom is -0.480 e. The molecule has 0 spiro atoms. The monoisotopic (exact) mass is 613 g/mol. The molecule has 2 aliphatic rings. The number of methoxy groups -OCH3 is 1. The number of ether oxygens (including phenoxy) is 2. The van der Waals surface area contributed by atoms with Crippen molar-refractivity contribution in [1.29, 1.82) is 0 Å². The zero-order chi connectivity index (χ0) is 31.8. The van der Waals surface area contributed by atoms with E-state index in [-0.39, 0.29) is 6.04 Å². The molecule has 1 aliphatic heterocycles. The smallest absolute Gasteiger partial charge is 0.407 e. The van der Waals surface area contributed by atoms with Gasteiger partial charge in [-0.2, -0.15) is 9.97 Å². The number of carbonyl (C=O) groups is 2. The molecule has 0 radical (unpaired) electrons. The molecule has 11 nitrogen and oxygen atoms in total. The topological polar surface area (TPSA) is 139 Å². The molecule has 4 aromatic rings. The van der Waals surface area contributed by atoms with Crippen molar-refractivity contribution in [3.05, 3.63) is 60.2 Å². The fourth-order valence-electron chi connectivity index (χ4n) is 6.19. The summed E-state index contributed by atoms with van der Waals surface area (Å²) in [5.41, 5.74) is 2.82. The van der Waals surface area contributed by atoms with Gasteiger partial charge in [0.05, 0.1) is 12.6 Å². The van der Waals surface area contributed by atoms with E-state index < -0.39 is 23.3 Å². The van der Waals surface area contributed by atoms with E-state index in [0.29, 0.717) is 54.6 Å². The maximum atomic E-state index is 12.3. The van der Waals surface area contributed by atoms with Gasteiger partial charge in [-0.15, -0.1) is 0 Å². The molecule has 2 aromatic carbocycles. The van der Waals surface area contributed by atoms with E-state index in [1.54, 1.807) is 7.11 Å². The summed E-state index contributed by atoms with van der Waals surface area (Å²) in [6.07, 6.45) is 2.50. The van der Waals surface area contributed by atoms with Crippen molar-refractivity contribution in [1.82, 2.24) is 20.6 Å². The highest BCUT2D eigenvalue weighted by atomic mass is 16.6. The maximum Gasteiger partial charge on any atom is 0.407 e. The molecule has 2 amide bonds. The van der Waals surface area contributed by atoms with Gasteiger partial charge >= 0.3 is 12.2 Å². The Balaban J connectivity index is 1.32. The number of carboxylic acid groups (broad SMARTS) is 1. The van der Waals surface area contributed by atoms with Crippen LogP contribution in [0.1, 0.15) is 58.4 Å². The minimum atomic E-state index is -1.02. The van der Waals surface area contributed by atoms with Crippen LogP contribution < -0.4 is 20.3 Å². The molecule has 2 fully saturated rings. The summed E-state index contributed by atoms with van der Waals surface area (Å²) >= 11 is 0. The molecule has 3 N–H and O–H groups in total. The van der Waals surface area contributed by atoms with Gasteiger partial charge < -0.3 is 34.5 Å². The number of carbonyl (C=O) groups excluding carboxylic acids is 1. The van der Waals surface area contributed by atoms with Crippen molar-refractivity contribution in [2.45, 2.75) is 70.1 Å². The molecule has 0 atom stereocenters. The Hall–Kier alpha value is -4.80. The molecular weight excluding hydrogens is 574 g/mol. The quantitative estimate of drug-likeness (QED) is 0.208. The summed E-state index contributed by atoms with van der Waals surface area (Å²) in [5.74, 6) is 1.53. The number of alkyl carbamates (subject to hydrolysis) is 1. The number of fused-ring (bicyclic) bond motifs is 1. The van der Waals surface area contributed by atoms with Gasteiger partial charge in [0.15, 0.2) is 0 Å². The number of anilines is 1. The number of benzene rings is 2. The van der Waals surface area contributed by atoms with Crippen LogP contribution in [0.15, 0.2) is 59.0 Å². The highest BCUT2D eigenvalue weighted by Crippen LogP contribution is 2.46. The summed E-state index contributed by atoms with van der Waals surface area (Å²) in [4.78, 5) is 35.5. The molecular formula is C34H39N5O6. The molecule has 0 unspecified atom stereocenters. The number of hydrogen-bond acceptors (Lipinski definition) is 8. The zero-order valence-electron chi connectivity index (χ0n) is 26.1. The summed E-state index contributed by atoms with van der Waals surface area (Å²) in [7, 11) is 1.59. The number of amides is 2. The van der Waals surface area contributed by atoms with Crippen LogP contribution in [-0.4, -0.2) is 59.1 Å². The van der Waals surface area contributed by atoms with Crippen LogP contribution in [0.3, 0.4) is 0 Å². The van der Waals surface area contributed by atoms with Gasteiger partial charge in [0.2, 0.25) is 17.5 Å². The van der Waals surface area contributed by atoms with E-state index in [2.05, 4.69) is 15.5 Å². The standard InChI is InChI=1S/C34H39N5O6/c1-33(2,3)45-32(42)35-24-15-19-39(20-16-24)30-36-28(43-4)26-25(21-9-6-5-7-10-21)27(44-29(26)37-30)22-11-13-23(14-12-22)34(17-8-18-34)38-31(40)41/h5-7,9-14,24,38H,8,15-20H2,1-4H3,(H,35,42)(H,40,41). The van der Waals surface area contributed by atoms with E-state index in [1.165, 1.54) is 0 Å². The van der Waals surface area contributed by atoms with Gasteiger partial charge in [-0.05, 0) is 64.0 Å². The number of furan rings is 1. The van der Waals surface area contributed by atoms with Crippen LogP contribution in [0.5, 0.6) is 5.88 Å². The van der Waals surface area contributed by atoms with Crippen LogP contribution in [0.2, 0.25) is 0 Å². The van der Waals surface area contributed by atoms with Gasteiger partial charge in [-0.3, -0.25) is 0 Å². The van der Waals surface area contributed by atoms with Crippen molar-refractivity contribution < 1.29 is 28.6 Å². The minimum absolute atomic E-state index is 0.00521. The van der Waals surface area contributed by atoms with Crippen molar-refractivity contribution in [3.8, 4) is 28.3 Å². The molecule has 1 saturated heterocycles. The zero-order valence-corrected chi connectivity index (χ0v) is 26.1. The van der Waals surface area contributed by atoms with Gasteiger partial charge in [-0.25, -0.2) is 9.59 Å². The largest absolute Gasteiger partial charge is 0.480 e. The Morgan fingerprint density at radius 2 is 1.69 bits per heavy atom. The fraction of sp³-hybridized carbons (Fsp3) is 0.412. The second-order valence-electron chi connectivity index (χ2n) is 12.7. The number of piperidine rings is 1. The number of nitrogens with one attached hydrogen (secondary N) is 2. The normalized spacial score (nSPS) is 16.6. The molecule has 45 heavy (non-hydrogen) atoms. The van der Waals surface area contributed by atoms with E-state index in [4.69, 9.17) is 23.9 Å². The third-order valence-corrected chi connectivity index (χ3v) is 8.51. The van der Waals surface area contributed by atoms with Crippen molar-refractivity contribution in [2.75, 3.05) is 25.1 Å². The first-order valence-corrected chi connectivity index (χ1v) is 15.4. The van der Waals surface area contributed by atoms with E-state index in [9.17, 15) is 14.7 Å². The Morgan fingerprint density at radius 3 is 2.27 bits per heavy atom. The molecule has 1 aliphatic carbocycles. The van der Waals surface area contributed by atoms with Crippen molar-refractivity contribution >= 4 is 29.2 Å². The second-order valence-corrected chi connectivity index (χ2v) is 12.7. The van der Waals surface area contributed by atoms with Gasteiger partial charge in [0, 0.05) is 30.3 Å². The highest BCUT2D eigenvalue weighted by Gasteiger charge is 2.40. The lowest BCUT2D eigenvalue weighted by Gasteiger charge is -2.42. The Bertz CT molecular complexity index is 1680. The average Bonchev–Trinajstić information content (AvgIpc) is 3.38. The van der Waals surface area contributed by atoms with Gasteiger partial charge in [0.1, 0.15) is 16.7 Å². The van der Waals surface area contributed by atoms with Crippen LogP contribution in [0.4, 0.5) is 15.5 Å². The lowest BCUT2D eigenvalue weighted by molar-refractivity contribution is 0.0497. The van der Waals surface area contributed by atoms with Crippen molar-refractivity contribution in [2.24, 2.45) is 0 Å². The Labute approximate surface area is 261 Å². The Morgan fingerprint density at radius 1 is 1.00 bits per heavy atom. The number of rotatable bonds is 7.